The zero-order valence-electron chi connectivity index (χ0n) is 21.8. The Balaban J connectivity index is 1.26. The van der Waals surface area contributed by atoms with Gasteiger partial charge in [-0.05, 0) is 74.3 Å². The second kappa shape index (κ2) is 14.1. The summed E-state index contributed by atoms with van der Waals surface area (Å²) in [7, 11) is 0. The van der Waals surface area contributed by atoms with E-state index in [1.807, 2.05) is 42.5 Å². The lowest BCUT2D eigenvalue weighted by atomic mass is 10.1. The number of para-hydroxylation sites is 1. The molecule has 0 unspecified atom stereocenters. The van der Waals surface area contributed by atoms with Crippen molar-refractivity contribution >= 4 is 28.4 Å². The van der Waals surface area contributed by atoms with Crippen molar-refractivity contribution < 1.29 is 14.7 Å². The summed E-state index contributed by atoms with van der Waals surface area (Å²) in [5, 5.41) is 12.8. The van der Waals surface area contributed by atoms with Gasteiger partial charge in [0, 0.05) is 30.9 Å². The van der Waals surface area contributed by atoms with Gasteiger partial charge in [-0.3, -0.25) is 10.0 Å². The Labute approximate surface area is 223 Å². The average molecular weight is 517 g/mol. The average Bonchev–Trinajstić information content (AvgIpc) is 3.40. The Morgan fingerprint density at radius 3 is 2.55 bits per heavy atom. The van der Waals surface area contributed by atoms with Crippen LogP contribution in [0.5, 0.6) is 5.75 Å². The van der Waals surface area contributed by atoms with Crippen LogP contribution in [-0.4, -0.2) is 52.3 Å². The molecule has 4 N–H and O–H groups in total. The quantitative estimate of drug-likeness (QED) is 0.0974. The SMILES string of the molecule is CCN(c1ccccc1)c1ncnc2[nH]c(-c3ccc(OCCNCCCCCCC(=O)NO)cc3)cc12. The minimum Gasteiger partial charge on any atom is -0.492 e. The van der Waals surface area contributed by atoms with Crippen LogP contribution in [0.2, 0.25) is 0 Å². The van der Waals surface area contributed by atoms with E-state index in [0.717, 1.165) is 84.9 Å². The molecular formula is C29H36N6O3. The molecule has 38 heavy (non-hydrogen) atoms. The fraction of sp³-hybridized carbons (Fsp3) is 0.345. The third kappa shape index (κ3) is 7.30. The van der Waals surface area contributed by atoms with Gasteiger partial charge >= 0.3 is 0 Å². The van der Waals surface area contributed by atoms with Crippen molar-refractivity contribution in [1.29, 1.82) is 0 Å². The van der Waals surface area contributed by atoms with E-state index in [-0.39, 0.29) is 5.91 Å². The van der Waals surface area contributed by atoms with E-state index < -0.39 is 0 Å². The molecule has 2 aromatic heterocycles. The van der Waals surface area contributed by atoms with Gasteiger partial charge in [0.05, 0.1) is 5.39 Å². The number of H-pyrrole nitrogens is 1. The molecule has 2 heterocycles. The van der Waals surface area contributed by atoms with Crippen LogP contribution in [0.1, 0.15) is 39.0 Å². The Morgan fingerprint density at radius 2 is 1.79 bits per heavy atom. The Morgan fingerprint density at radius 1 is 1.00 bits per heavy atom. The summed E-state index contributed by atoms with van der Waals surface area (Å²) in [4.78, 5) is 25.6. The van der Waals surface area contributed by atoms with E-state index >= 15 is 0 Å². The molecule has 0 spiro atoms. The van der Waals surface area contributed by atoms with Gasteiger partial charge in [0.1, 0.15) is 30.1 Å². The Hall–Kier alpha value is -3.95. The fourth-order valence-corrected chi connectivity index (χ4v) is 4.40. The molecule has 200 valence electrons. The van der Waals surface area contributed by atoms with Gasteiger partial charge in [0.2, 0.25) is 5.91 Å². The molecule has 0 bridgehead atoms. The smallest absolute Gasteiger partial charge is 0.243 e. The first-order chi connectivity index (χ1) is 18.7. The molecule has 9 nitrogen and oxygen atoms in total. The number of nitrogens with zero attached hydrogens (tertiary/aromatic N) is 3. The van der Waals surface area contributed by atoms with Crippen LogP contribution in [0.15, 0.2) is 67.0 Å². The van der Waals surface area contributed by atoms with Crippen LogP contribution in [-0.2, 0) is 4.79 Å². The second-order valence-electron chi connectivity index (χ2n) is 9.04. The highest BCUT2D eigenvalue weighted by Gasteiger charge is 2.15. The van der Waals surface area contributed by atoms with Crippen molar-refractivity contribution in [3.63, 3.8) is 0 Å². The number of ether oxygens (including phenoxy) is 1. The van der Waals surface area contributed by atoms with E-state index in [4.69, 9.17) is 9.94 Å². The third-order valence-corrected chi connectivity index (χ3v) is 6.39. The van der Waals surface area contributed by atoms with Crippen LogP contribution >= 0.6 is 0 Å². The van der Waals surface area contributed by atoms with Crippen LogP contribution in [0.3, 0.4) is 0 Å². The van der Waals surface area contributed by atoms with Gasteiger partial charge in [-0.2, -0.15) is 0 Å². The minimum atomic E-state index is -0.319. The maximum absolute atomic E-state index is 11.0. The van der Waals surface area contributed by atoms with Gasteiger partial charge in [-0.1, -0.05) is 31.0 Å². The van der Waals surface area contributed by atoms with Gasteiger partial charge in [0.15, 0.2) is 0 Å². The third-order valence-electron chi connectivity index (χ3n) is 6.39. The van der Waals surface area contributed by atoms with Crippen LogP contribution < -0.4 is 20.4 Å². The van der Waals surface area contributed by atoms with Crippen LogP contribution in [0.4, 0.5) is 11.5 Å². The number of anilines is 2. The lowest BCUT2D eigenvalue weighted by Gasteiger charge is -2.22. The minimum absolute atomic E-state index is 0.319. The molecule has 0 atom stereocenters. The lowest BCUT2D eigenvalue weighted by molar-refractivity contribution is -0.129. The summed E-state index contributed by atoms with van der Waals surface area (Å²) in [6.07, 6.45) is 5.85. The number of unbranched alkanes of at least 4 members (excludes halogenated alkanes) is 3. The molecule has 0 aliphatic rings. The number of rotatable bonds is 15. The van der Waals surface area contributed by atoms with Gasteiger partial charge in [-0.15, -0.1) is 0 Å². The molecule has 4 aromatic rings. The number of carbonyl (C=O) groups excluding carboxylic acids is 1. The number of amides is 1. The fourth-order valence-electron chi connectivity index (χ4n) is 4.40. The number of benzene rings is 2. The monoisotopic (exact) mass is 516 g/mol. The molecule has 0 aliphatic heterocycles. The number of carbonyl (C=O) groups is 1. The Bertz CT molecular complexity index is 1280. The van der Waals surface area contributed by atoms with E-state index in [0.29, 0.717) is 13.0 Å². The number of aromatic amines is 1. The van der Waals surface area contributed by atoms with E-state index in [1.165, 1.54) is 0 Å². The Kier molecular flexibility index (Phi) is 10.1. The number of nitrogens with one attached hydrogen (secondary N) is 3. The molecule has 0 aliphatic carbocycles. The molecule has 0 saturated carbocycles. The molecule has 0 radical (unpaired) electrons. The molecule has 4 rings (SSSR count). The molecule has 0 saturated heterocycles. The number of hydroxylamine groups is 1. The molecule has 1 amide bonds. The normalized spacial score (nSPS) is 11.0. The highest BCUT2D eigenvalue weighted by Crippen LogP contribution is 2.32. The zero-order chi connectivity index (χ0) is 26.6. The summed E-state index contributed by atoms with van der Waals surface area (Å²) >= 11 is 0. The summed E-state index contributed by atoms with van der Waals surface area (Å²) in [5.41, 5.74) is 5.60. The van der Waals surface area contributed by atoms with Crippen LogP contribution in [0, 0.1) is 0 Å². The second-order valence-corrected chi connectivity index (χ2v) is 9.04. The van der Waals surface area contributed by atoms with E-state index in [9.17, 15) is 4.79 Å². The van der Waals surface area contributed by atoms with E-state index in [1.54, 1.807) is 11.8 Å². The number of aromatic nitrogens is 3. The maximum atomic E-state index is 11.0. The number of hydrogen-bond acceptors (Lipinski definition) is 7. The summed E-state index contributed by atoms with van der Waals surface area (Å²) < 4.78 is 5.88. The van der Waals surface area contributed by atoms with Crippen molar-refractivity contribution in [1.82, 2.24) is 25.7 Å². The van der Waals surface area contributed by atoms with Gasteiger partial charge < -0.3 is 19.9 Å². The van der Waals surface area contributed by atoms with Gasteiger partial charge in [0.25, 0.3) is 0 Å². The first-order valence-corrected chi connectivity index (χ1v) is 13.2. The zero-order valence-corrected chi connectivity index (χ0v) is 21.8. The van der Waals surface area contributed by atoms with Crippen molar-refractivity contribution in [3.8, 4) is 17.0 Å². The molecule has 0 fully saturated rings. The summed E-state index contributed by atoms with van der Waals surface area (Å²) in [6.45, 7) is 5.19. The van der Waals surface area contributed by atoms with Crippen molar-refractivity contribution in [2.75, 3.05) is 31.1 Å². The summed E-state index contributed by atoms with van der Waals surface area (Å²) in [6, 6.07) is 20.4. The van der Waals surface area contributed by atoms with Crippen molar-refractivity contribution in [2.24, 2.45) is 0 Å². The highest BCUT2D eigenvalue weighted by molar-refractivity contribution is 5.93. The lowest BCUT2D eigenvalue weighted by Crippen LogP contribution is -2.22. The molecule has 9 heteroatoms. The predicted molar refractivity (Wildman–Crippen MR) is 150 cm³/mol. The van der Waals surface area contributed by atoms with Gasteiger partial charge in [-0.25, -0.2) is 15.4 Å². The standard InChI is InChI=1S/C29H36N6O3/c1-2-35(23-10-6-5-7-11-23)29-25-20-26(33-28(25)31-21-32-29)22-13-15-24(16-14-22)38-19-18-30-17-9-4-3-8-12-27(36)34-37/h5-7,10-11,13-16,20-21,30,37H,2-4,8-9,12,17-19H2,1H3,(H,34,36)(H,31,32,33). The largest absolute Gasteiger partial charge is 0.492 e. The first-order valence-electron chi connectivity index (χ1n) is 13.2. The van der Waals surface area contributed by atoms with Crippen LogP contribution in [0.25, 0.3) is 22.3 Å². The number of fused-ring (bicyclic) bond motifs is 1. The van der Waals surface area contributed by atoms with Crippen molar-refractivity contribution in [2.45, 2.75) is 39.0 Å². The number of hydrogen-bond donors (Lipinski definition) is 4. The highest BCUT2D eigenvalue weighted by atomic mass is 16.5. The molecular weight excluding hydrogens is 480 g/mol. The topological polar surface area (TPSA) is 115 Å². The first kappa shape index (κ1) is 27.1. The maximum Gasteiger partial charge on any atom is 0.243 e. The predicted octanol–water partition coefficient (Wildman–Crippen LogP) is 5.21. The summed E-state index contributed by atoms with van der Waals surface area (Å²) in [5.74, 6) is 1.39. The van der Waals surface area contributed by atoms with E-state index in [2.05, 4.69) is 50.3 Å². The van der Waals surface area contributed by atoms with Crippen molar-refractivity contribution in [3.05, 3.63) is 67.0 Å². The molecule has 2 aromatic carbocycles.